The Morgan fingerprint density at radius 3 is 2.54 bits per heavy atom. The summed E-state index contributed by atoms with van der Waals surface area (Å²) in [6.45, 7) is 3.30. The van der Waals surface area contributed by atoms with Crippen LogP contribution in [0.3, 0.4) is 0 Å². The van der Waals surface area contributed by atoms with Crippen LogP contribution in [0.5, 0.6) is 0 Å². The lowest BCUT2D eigenvalue weighted by molar-refractivity contribution is -0.147. The highest BCUT2D eigenvalue weighted by Gasteiger charge is 2.50. The van der Waals surface area contributed by atoms with E-state index >= 15 is 0 Å². The molecule has 1 aromatic heterocycles. The molecule has 2 atom stereocenters. The number of alkyl halides is 3. The first-order valence-electron chi connectivity index (χ1n) is 14.0. The van der Waals surface area contributed by atoms with Crippen molar-refractivity contribution >= 4 is 23.5 Å². The number of fused-ring (bicyclic) bond motifs is 1. The van der Waals surface area contributed by atoms with Gasteiger partial charge in [0.05, 0.1) is 24.0 Å². The highest BCUT2D eigenvalue weighted by Crippen LogP contribution is 2.46. The Bertz CT molecular complexity index is 1330. The van der Waals surface area contributed by atoms with E-state index in [4.69, 9.17) is 4.74 Å². The summed E-state index contributed by atoms with van der Waals surface area (Å²) in [5.41, 5.74) is 0.661. The fourth-order valence-corrected chi connectivity index (χ4v) is 6.73. The predicted molar refractivity (Wildman–Crippen MR) is 145 cm³/mol. The summed E-state index contributed by atoms with van der Waals surface area (Å²) in [5, 5.41) is 2.80. The van der Waals surface area contributed by atoms with E-state index in [1.165, 1.54) is 14.0 Å². The Labute approximate surface area is 237 Å². The number of methoxy groups -OCH3 is 1. The molecule has 1 saturated heterocycles. The first-order valence-corrected chi connectivity index (χ1v) is 14.0. The van der Waals surface area contributed by atoms with Crippen LogP contribution in [0.1, 0.15) is 61.4 Å². The minimum atomic E-state index is -4.51. The van der Waals surface area contributed by atoms with Crippen molar-refractivity contribution in [3.05, 3.63) is 58.9 Å². The lowest BCUT2D eigenvalue weighted by atomic mass is 9.76. The first kappa shape index (κ1) is 29.0. The van der Waals surface area contributed by atoms with Crippen molar-refractivity contribution in [2.45, 2.75) is 69.6 Å². The number of nitrogens with zero attached hydrogens (tertiary/aromatic N) is 3. The fourth-order valence-electron chi connectivity index (χ4n) is 6.73. The van der Waals surface area contributed by atoms with Gasteiger partial charge in [-0.25, -0.2) is 0 Å². The van der Waals surface area contributed by atoms with Crippen molar-refractivity contribution in [3.63, 3.8) is 0 Å². The monoisotopic (exact) mass is 572 g/mol. The number of nitrogens with one attached hydrogen (secondary N) is 1. The van der Waals surface area contributed by atoms with E-state index in [0.717, 1.165) is 37.3 Å². The molecule has 0 bridgehead atoms. The molecule has 0 spiro atoms. The molecular formula is C30H35F3N4O4. The molecule has 41 heavy (non-hydrogen) atoms. The van der Waals surface area contributed by atoms with Crippen LogP contribution in [0, 0.1) is 5.92 Å². The molecule has 2 aliphatic heterocycles. The number of likely N-dealkylation sites (tertiary alicyclic amines) is 1. The molecule has 2 aromatic rings. The summed E-state index contributed by atoms with van der Waals surface area (Å²) in [6, 6.07) is 8.54. The van der Waals surface area contributed by atoms with Crippen LogP contribution >= 0.6 is 0 Å². The third-order valence-electron chi connectivity index (χ3n) is 8.87. The van der Waals surface area contributed by atoms with E-state index in [0.29, 0.717) is 55.6 Å². The van der Waals surface area contributed by atoms with Crippen LogP contribution in [0.2, 0.25) is 0 Å². The van der Waals surface area contributed by atoms with E-state index in [2.05, 4.69) is 15.2 Å². The number of piperidine rings is 1. The van der Waals surface area contributed by atoms with Gasteiger partial charge in [0.1, 0.15) is 0 Å². The SMILES string of the molecule is COC(=O)C1CCN(C2CCC(C(=O)N3CCc4ncc(C(F)(F)F)cc4C3)(c3cccc(NC(C)=O)c3)C2)CC1. The van der Waals surface area contributed by atoms with Crippen molar-refractivity contribution in [1.82, 2.24) is 14.8 Å². The summed E-state index contributed by atoms with van der Waals surface area (Å²) in [7, 11) is 1.40. The number of anilines is 1. The molecule has 5 rings (SSSR count). The van der Waals surface area contributed by atoms with Crippen molar-refractivity contribution in [1.29, 1.82) is 0 Å². The molecule has 8 nitrogen and oxygen atoms in total. The molecular weight excluding hydrogens is 537 g/mol. The van der Waals surface area contributed by atoms with E-state index in [1.54, 1.807) is 11.0 Å². The lowest BCUT2D eigenvalue weighted by Gasteiger charge is -2.39. The van der Waals surface area contributed by atoms with Crippen LogP contribution in [0.4, 0.5) is 18.9 Å². The Hall–Kier alpha value is -3.47. The van der Waals surface area contributed by atoms with Crippen LogP contribution in [0.15, 0.2) is 36.5 Å². The number of halogens is 3. The van der Waals surface area contributed by atoms with Gasteiger partial charge in [0.2, 0.25) is 11.8 Å². The number of carbonyl (C=O) groups is 3. The second-order valence-electron chi connectivity index (χ2n) is 11.4. The maximum atomic E-state index is 14.5. The average Bonchev–Trinajstić information content (AvgIpc) is 3.42. The van der Waals surface area contributed by atoms with Crippen LogP contribution in [-0.2, 0) is 43.7 Å². The number of ether oxygens (including phenoxy) is 1. The average molecular weight is 573 g/mol. The number of benzene rings is 1. The Morgan fingerprint density at radius 2 is 1.85 bits per heavy atom. The van der Waals surface area contributed by atoms with Crippen LogP contribution < -0.4 is 5.32 Å². The molecule has 1 N–H and O–H groups in total. The predicted octanol–water partition coefficient (Wildman–Crippen LogP) is 4.32. The zero-order chi connectivity index (χ0) is 29.4. The van der Waals surface area contributed by atoms with Gasteiger partial charge < -0.3 is 19.9 Å². The second-order valence-corrected chi connectivity index (χ2v) is 11.4. The smallest absolute Gasteiger partial charge is 0.417 e. The zero-order valence-corrected chi connectivity index (χ0v) is 23.3. The molecule has 1 aliphatic carbocycles. The number of carbonyl (C=O) groups excluding carboxylic acids is 3. The summed E-state index contributed by atoms with van der Waals surface area (Å²) in [5.74, 6) is -0.653. The van der Waals surface area contributed by atoms with Gasteiger partial charge in [-0.05, 0) is 74.5 Å². The highest BCUT2D eigenvalue weighted by molar-refractivity contribution is 5.91. The van der Waals surface area contributed by atoms with E-state index in [1.807, 2.05) is 18.2 Å². The molecule has 2 amide bonds. The summed E-state index contributed by atoms with van der Waals surface area (Å²) in [6.07, 6.45) is -0.00634. The van der Waals surface area contributed by atoms with Gasteiger partial charge in [-0.1, -0.05) is 12.1 Å². The van der Waals surface area contributed by atoms with Gasteiger partial charge >= 0.3 is 12.1 Å². The van der Waals surface area contributed by atoms with E-state index in [-0.39, 0.29) is 36.3 Å². The van der Waals surface area contributed by atoms with Gasteiger partial charge in [0.25, 0.3) is 0 Å². The Kier molecular flexibility index (Phi) is 8.09. The number of pyridine rings is 1. The second kappa shape index (κ2) is 11.4. The van der Waals surface area contributed by atoms with E-state index in [9.17, 15) is 27.6 Å². The highest BCUT2D eigenvalue weighted by atomic mass is 19.4. The van der Waals surface area contributed by atoms with Gasteiger partial charge in [-0.2, -0.15) is 13.2 Å². The standard InChI is InChI=1S/C30H35F3N4O4/c1-19(38)35-24-5-3-4-22(15-24)29(10-6-25(16-29)36-11-7-20(8-12-36)27(39)41-2)28(40)37-13-9-26-21(18-37)14-23(17-34-26)30(31,32)33/h3-5,14-15,17,20,25H,6-13,16,18H2,1-2H3,(H,35,38). The number of hydrogen-bond acceptors (Lipinski definition) is 6. The Morgan fingerprint density at radius 1 is 1.10 bits per heavy atom. The maximum Gasteiger partial charge on any atom is 0.417 e. The molecule has 2 unspecified atom stereocenters. The first-order chi connectivity index (χ1) is 19.5. The van der Waals surface area contributed by atoms with Gasteiger partial charge in [0.15, 0.2) is 0 Å². The Balaban J connectivity index is 1.43. The topological polar surface area (TPSA) is 91.8 Å². The van der Waals surface area contributed by atoms with E-state index < -0.39 is 17.2 Å². The summed E-state index contributed by atoms with van der Waals surface area (Å²) in [4.78, 5) is 46.3. The largest absolute Gasteiger partial charge is 0.469 e. The molecule has 1 aromatic carbocycles. The number of amides is 2. The van der Waals surface area contributed by atoms with Crippen molar-refractivity contribution < 1.29 is 32.3 Å². The summed E-state index contributed by atoms with van der Waals surface area (Å²) < 4.78 is 45.1. The number of rotatable bonds is 5. The number of esters is 1. The van der Waals surface area contributed by atoms with Crippen molar-refractivity contribution in [2.75, 3.05) is 32.1 Å². The third kappa shape index (κ3) is 5.95. The van der Waals surface area contributed by atoms with Crippen molar-refractivity contribution in [2.24, 2.45) is 5.92 Å². The quantitative estimate of drug-likeness (QED) is 0.537. The normalized spacial score (nSPS) is 23.6. The van der Waals surface area contributed by atoms with Gasteiger partial charge in [-0.15, -0.1) is 0 Å². The van der Waals surface area contributed by atoms with Crippen LogP contribution in [-0.4, -0.2) is 65.4 Å². The minimum Gasteiger partial charge on any atom is -0.469 e. The van der Waals surface area contributed by atoms with Crippen molar-refractivity contribution in [3.8, 4) is 0 Å². The van der Waals surface area contributed by atoms with Gasteiger partial charge in [0, 0.05) is 50.1 Å². The maximum absolute atomic E-state index is 14.5. The molecule has 0 radical (unpaired) electrons. The lowest BCUT2D eigenvalue weighted by Crippen LogP contribution is -2.49. The van der Waals surface area contributed by atoms with Crippen LogP contribution in [0.25, 0.3) is 0 Å². The molecule has 11 heteroatoms. The fraction of sp³-hybridized carbons (Fsp3) is 0.533. The number of hydrogen-bond donors (Lipinski definition) is 1. The zero-order valence-electron chi connectivity index (χ0n) is 23.3. The van der Waals surface area contributed by atoms with Gasteiger partial charge in [-0.3, -0.25) is 19.4 Å². The third-order valence-corrected chi connectivity index (χ3v) is 8.87. The number of aromatic nitrogens is 1. The molecule has 2 fully saturated rings. The molecule has 3 heterocycles. The molecule has 1 saturated carbocycles. The minimum absolute atomic E-state index is 0.0629. The molecule has 3 aliphatic rings. The summed E-state index contributed by atoms with van der Waals surface area (Å²) >= 11 is 0. The molecule has 220 valence electrons.